The van der Waals surface area contributed by atoms with Crippen molar-refractivity contribution in [3.8, 4) is 11.3 Å². The van der Waals surface area contributed by atoms with Gasteiger partial charge in [-0.25, -0.2) is 15.0 Å². The number of thioether (sulfide) groups is 1. The number of anilines is 1. The van der Waals surface area contributed by atoms with Gasteiger partial charge in [0.05, 0.1) is 11.4 Å². The molecule has 0 unspecified atom stereocenters. The van der Waals surface area contributed by atoms with Crippen molar-refractivity contribution < 1.29 is 18.0 Å². The van der Waals surface area contributed by atoms with Crippen LogP contribution in [0.5, 0.6) is 0 Å². The zero-order valence-electron chi connectivity index (χ0n) is 14.9. The van der Waals surface area contributed by atoms with Crippen molar-refractivity contribution in [3.05, 3.63) is 52.7 Å². The number of aryl methyl sites for hydroxylation is 2. The highest BCUT2D eigenvalue weighted by Gasteiger charge is 2.32. The van der Waals surface area contributed by atoms with Gasteiger partial charge in [0.25, 0.3) is 0 Å². The van der Waals surface area contributed by atoms with Gasteiger partial charge in [0, 0.05) is 17.1 Å². The van der Waals surface area contributed by atoms with E-state index < -0.39 is 17.8 Å². The number of hydrogen-bond acceptors (Lipinski definition) is 6. The van der Waals surface area contributed by atoms with Crippen molar-refractivity contribution in [2.24, 2.45) is 0 Å². The lowest BCUT2D eigenvalue weighted by molar-refractivity contribution is -0.141. The molecule has 1 aromatic carbocycles. The number of alkyl halides is 3. The molecule has 1 amide bonds. The first-order chi connectivity index (χ1) is 13.2. The normalized spacial score (nSPS) is 11.5. The van der Waals surface area contributed by atoms with Gasteiger partial charge in [-0.15, -0.1) is 11.3 Å². The van der Waals surface area contributed by atoms with E-state index in [-0.39, 0.29) is 10.9 Å². The number of nitrogens with zero attached hydrogens (tertiary/aromatic N) is 3. The molecule has 0 fully saturated rings. The second kappa shape index (κ2) is 8.27. The van der Waals surface area contributed by atoms with Gasteiger partial charge in [0.2, 0.25) is 5.91 Å². The lowest BCUT2D eigenvalue weighted by Gasteiger charge is -2.06. The molecule has 2 heterocycles. The van der Waals surface area contributed by atoms with E-state index in [0.29, 0.717) is 5.13 Å². The van der Waals surface area contributed by atoms with E-state index in [1.807, 2.05) is 37.4 Å². The molecule has 0 spiro atoms. The largest absolute Gasteiger partial charge is 0.433 e. The summed E-state index contributed by atoms with van der Waals surface area (Å²) in [5.41, 5.74) is 2.99. The van der Waals surface area contributed by atoms with Crippen molar-refractivity contribution in [1.82, 2.24) is 15.0 Å². The number of rotatable bonds is 5. The highest BCUT2D eigenvalue weighted by atomic mass is 32.2. The fourth-order valence-corrected chi connectivity index (χ4v) is 3.58. The molecule has 0 bridgehead atoms. The van der Waals surface area contributed by atoms with Crippen LogP contribution in [0.15, 0.2) is 41.0 Å². The van der Waals surface area contributed by atoms with Gasteiger partial charge in [-0.05, 0) is 37.1 Å². The minimum Gasteiger partial charge on any atom is -0.301 e. The maximum Gasteiger partial charge on any atom is 0.433 e. The summed E-state index contributed by atoms with van der Waals surface area (Å²) >= 11 is 2.11. The van der Waals surface area contributed by atoms with E-state index in [2.05, 4.69) is 20.3 Å². The molecule has 1 N–H and O–H groups in total. The van der Waals surface area contributed by atoms with Gasteiger partial charge in [-0.2, -0.15) is 13.2 Å². The highest BCUT2D eigenvalue weighted by molar-refractivity contribution is 7.99. The van der Waals surface area contributed by atoms with Crippen molar-refractivity contribution >= 4 is 34.1 Å². The molecule has 0 aliphatic heterocycles. The van der Waals surface area contributed by atoms with Crippen molar-refractivity contribution in [1.29, 1.82) is 0 Å². The molecule has 0 atom stereocenters. The summed E-state index contributed by atoms with van der Waals surface area (Å²) in [5.74, 6) is -0.521. The number of carbonyl (C=O) groups excluding carboxylic acids is 1. The van der Waals surface area contributed by atoms with Gasteiger partial charge < -0.3 is 5.32 Å². The molecule has 28 heavy (non-hydrogen) atoms. The Labute approximate surface area is 167 Å². The van der Waals surface area contributed by atoms with Crippen LogP contribution in [-0.4, -0.2) is 26.6 Å². The molecule has 146 valence electrons. The number of benzene rings is 1. The Morgan fingerprint density at radius 1 is 1.18 bits per heavy atom. The van der Waals surface area contributed by atoms with Crippen LogP contribution in [0.2, 0.25) is 0 Å². The van der Waals surface area contributed by atoms with E-state index in [1.54, 1.807) is 0 Å². The van der Waals surface area contributed by atoms with Crippen molar-refractivity contribution in [2.45, 2.75) is 25.2 Å². The van der Waals surface area contributed by atoms with E-state index in [1.165, 1.54) is 16.9 Å². The van der Waals surface area contributed by atoms with E-state index >= 15 is 0 Å². The first-order valence-corrected chi connectivity index (χ1v) is 9.95. The maximum absolute atomic E-state index is 12.7. The van der Waals surface area contributed by atoms with Crippen LogP contribution in [0.1, 0.15) is 16.8 Å². The molecule has 0 saturated carbocycles. The first kappa shape index (κ1) is 20.3. The zero-order chi connectivity index (χ0) is 20.3. The Morgan fingerprint density at radius 3 is 2.68 bits per heavy atom. The molecular weight excluding hydrogens is 409 g/mol. The van der Waals surface area contributed by atoms with Gasteiger partial charge in [0.15, 0.2) is 10.3 Å². The van der Waals surface area contributed by atoms with Crippen LogP contribution in [0.25, 0.3) is 11.3 Å². The average Bonchev–Trinajstić information content (AvgIpc) is 3.10. The minimum absolute atomic E-state index is 0.111. The van der Waals surface area contributed by atoms with Crippen molar-refractivity contribution in [2.75, 3.05) is 11.1 Å². The van der Waals surface area contributed by atoms with Crippen LogP contribution in [0, 0.1) is 13.8 Å². The van der Waals surface area contributed by atoms with E-state index in [9.17, 15) is 18.0 Å². The summed E-state index contributed by atoms with van der Waals surface area (Å²) in [7, 11) is 0. The smallest absolute Gasteiger partial charge is 0.301 e. The predicted octanol–water partition coefficient (Wildman–Crippen LogP) is 4.97. The Balaban J connectivity index is 1.60. The summed E-state index contributed by atoms with van der Waals surface area (Å²) in [4.78, 5) is 23.6. The van der Waals surface area contributed by atoms with Gasteiger partial charge in [-0.1, -0.05) is 23.9 Å². The number of aromatic nitrogens is 3. The Bertz CT molecular complexity index is 1000. The molecule has 10 heteroatoms. The predicted molar refractivity (Wildman–Crippen MR) is 103 cm³/mol. The maximum atomic E-state index is 12.7. The number of amides is 1. The number of thiazole rings is 1. The van der Waals surface area contributed by atoms with E-state index in [0.717, 1.165) is 40.8 Å². The standard InChI is InChI=1S/C18H15F3N4OS2/c1-10-3-4-12(7-11(10)2)13-8-27-17(23-13)25-15(26)9-28-16-22-6-5-14(24-16)18(19,20)21/h3-8H,9H2,1-2H3,(H,23,25,26). The van der Waals surface area contributed by atoms with Crippen LogP contribution in [0.4, 0.5) is 18.3 Å². The minimum atomic E-state index is -4.55. The van der Waals surface area contributed by atoms with Crippen LogP contribution >= 0.6 is 23.1 Å². The molecule has 0 aliphatic rings. The third-order valence-corrected chi connectivity index (χ3v) is 5.43. The van der Waals surface area contributed by atoms with Gasteiger partial charge in [-0.3, -0.25) is 4.79 Å². The molecule has 3 aromatic rings. The zero-order valence-corrected chi connectivity index (χ0v) is 16.5. The van der Waals surface area contributed by atoms with E-state index in [4.69, 9.17) is 0 Å². The highest BCUT2D eigenvalue weighted by Crippen LogP contribution is 2.29. The average molecular weight is 424 g/mol. The summed E-state index contributed by atoms with van der Waals surface area (Å²) in [6, 6.07) is 6.78. The molecular formula is C18H15F3N4OS2. The summed E-state index contributed by atoms with van der Waals surface area (Å²) in [6.45, 7) is 4.04. The fourth-order valence-electron chi connectivity index (χ4n) is 2.22. The second-order valence-corrected chi connectivity index (χ2v) is 7.70. The SMILES string of the molecule is Cc1ccc(-c2csc(NC(=O)CSc3nccc(C(F)(F)F)n3)n2)cc1C. The molecule has 0 radical (unpaired) electrons. The summed E-state index contributed by atoms with van der Waals surface area (Å²) in [5, 5.41) is 4.79. The number of carbonyl (C=O) groups is 1. The molecule has 0 aliphatic carbocycles. The van der Waals surface area contributed by atoms with Crippen LogP contribution in [0.3, 0.4) is 0 Å². The molecule has 0 saturated heterocycles. The van der Waals surface area contributed by atoms with Crippen LogP contribution in [-0.2, 0) is 11.0 Å². The summed E-state index contributed by atoms with van der Waals surface area (Å²) < 4.78 is 38.0. The van der Waals surface area contributed by atoms with Gasteiger partial charge >= 0.3 is 6.18 Å². The third kappa shape index (κ3) is 5.08. The third-order valence-electron chi connectivity index (χ3n) is 3.81. The molecule has 2 aromatic heterocycles. The quantitative estimate of drug-likeness (QED) is 0.463. The van der Waals surface area contributed by atoms with Crippen molar-refractivity contribution in [3.63, 3.8) is 0 Å². The van der Waals surface area contributed by atoms with Gasteiger partial charge in [0.1, 0.15) is 5.69 Å². The summed E-state index contributed by atoms with van der Waals surface area (Å²) in [6.07, 6.45) is -3.53. The Morgan fingerprint density at radius 2 is 1.96 bits per heavy atom. The topological polar surface area (TPSA) is 67.8 Å². The lowest BCUT2D eigenvalue weighted by Crippen LogP contribution is -2.14. The first-order valence-electron chi connectivity index (χ1n) is 8.08. The molecule has 5 nitrogen and oxygen atoms in total. The number of halogens is 3. The number of nitrogens with one attached hydrogen (secondary N) is 1. The fraction of sp³-hybridized carbons (Fsp3) is 0.222. The Kier molecular flexibility index (Phi) is 5.99. The number of hydrogen-bond donors (Lipinski definition) is 1. The van der Waals surface area contributed by atoms with Crippen LogP contribution < -0.4 is 5.32 Å². The monoisotopic (exact) mass is 424 g/mol. The molecule has 3 rings (SSSR count). The second-order valence-electron chi connectivity index (χ2n) is 5.90. The lowest BCUT2D eigenvalue weighted by atomic mass is 10.1. The Hall–Kier alpha value is -2.46.